The molecule has 2 fully saturated rings. The third-order valence-electron chi connectivity index (χ3n) is 7.81. The van der Waals surface area contributed by atoms with Gasteiger partial charge < -0.3 is 24.5 Å². The summed E-state index contributed by atoms with van der Waals surface area (Å²) in [5.74, 6) is 0. The van der Waals surface area contributed by atoms with Crippen molar-refractivity contribution in [1.29, 1.82) is 0 Å². The lowest BCUT2D eigenvalue weighted by Crippen LogP contribution is -2.56. The molecule has 34 heavy (non-hydrogen) atoms. The van der Waals surface area contributed by atoms with Gasteiger partial charge in [-0.15, -0.1) is 0 Å². The summed E-state index contributed by atoms with van der Waals surface area (Å²) >= 11 is 0. The zero-order chi connectivity index (χ0) is 25.5. The van der Waals surface area contributed by atoms with Crippen molar-refractivity contribution in [3.8, 4) is 0 Å². The largest absolute Gasteiger partial charge is 0.339 e. The first-order valence-corrected chi connectivity index (χ1v) is 16.4. The average molecular weight is 527 g/mol. The molecule has 0 unspecified atom stereocenters. The smallest absolute Gasteiger partial charge is 0.324 e. The fourth-order valence-electron chi connectivity index (χ4n) is 6.09. The number of hydrogen-bond donors (Lipinski definition) is 4. The summed E-state index contributed by atoms with van der Waals surface area (Å²) in [6, 6.07) is 0.639. The molecule has 0 amide bonds. The van der Waals surface area contributed by atoms with Gasteiger partial charge in [-0.25, -0.2) is 0 Å². The lowest BCUT2D eigenvalue weighted by molar-refractivity contribution is 0.0393. The number of likely N-dealkylation sites (N-methyl/N-ethyl adjacent to an activating group) is 3. The summed E-state index contributed by atoms with van der Waals surface area (Å²) < 4.78 is 23.7. The normalized spacial score (nSPS) is 27.3. The van der Waals surface area contributed by atoms with E-state index in [2.05, 4.69) is 30.7 Å². The fourth-order valence-corrected chi connectivity index (χ4v) is 7.70. The maximum absolute atomic E-state index is 12.1. The van der Waals surface area contributed by atoms with Crippen LogP contribution >= 0.6 is 15.2 Å². The Bertz CT molecular complexity index is 705. The molecule has 2 rings (SSSR count). The van der Waals surface area contributed by atoms with Crippen LogP contribution in [0.4, 0.5) is 0 Å². The minimum Gasteiger partial charge on any atom is -0.324 e. The zero-order valence-corrected chi connectivity index (χ0v) is 23.3. The molecule has 0 aromatic rings. The summed E-state index contributed by atoms with van der Waals surface area (Å²) in [4.78, 5) is 47.2. The Kier molecular flexibility index (Phi) is 12.2. The maximum atomic E-state index is 12.1. The standard InChI is InChI=1S/C22H48N4O6P2/c1-5-23(3)19-11-7-9-13-21(19)25(6-2)15-16-26(18-34(30,31)32)22-14-10-8-12-20(22)24(4)17-33(27,28)29/h19-22H,5-18H2,1-4H3,(H2,27,28,29)(H2,30,31,32)/t19-,20+,21-,22+/m1/s1. The van der Waals surface area contributed by atoms with E-state index in [-0.39, 0.29) is 24.7 Å². The molecule has 2 saturated carbocycles. The van der Waals surface area contributed by atoms with Crippen LogP contribution < -0.4 is 0 Å². The van der Waals surface area contributed by atoms with E-state index >= 15 is 0 Å². The third-order valence-corrected chi connectivity index (χ3v) is 9.36. The van der Waals surface area contributed by atoms with E-state index in [0.29, 0.717) is 18.6 Å². The van der Waals surface area contributed by atoms with Gasteiger partial charge in [-0.1, -0.05) is 39.5 Å². The summed E-state index contributed by atoms with van der Waals surface area (Å²) in [7, 11) is -4.62. The molecule has 202 valence electrons. The predicted octanol–water partition coefficient (Wildman–Crippen LogP) is 2.39. The van der Waals surface area contributed by atoms with Crippen LogP contribution in [-0.4, -0.2) is 116 Å². The van der Waals surface area contributed by atoms with Crippen molar-refractivity contribution in [3.63, 3.8) is 0 Å². The summed E-state index contributed by atoms with van der Waals surface area (Å²) in [5.41, 5.74) is 0. The fraction of sp³-hybridized carbons (Fsp3) is 1.00. The van der Waals surface area contributed by atoms with Crippen LogP contribution in [0.1, 0.15) is 65.2 Å². The quantitative estimate of drug-likeness (QED) is 0.266. The first-order valence-electron chi connectivity index (χ1n) is 12.8. The highest BCUT2D eigenvalue weighted by molar-refractivity contribution is 7.51. The van der Waals surface area contributed by atoms with Crippen LogP contribution in [-0.2, 0) is 9.13 Å². The zero-order valence-electron chi connectivity index (χ0n) is 21.5. The van der Waals surface area contributed by atoms with E-state index in [9.17, 15) is 28.7 Å². The van der Waals surface area contributed by atoms with E-state index in [1.165, 1.54) is 19.3 Å². The molecule has 0 radical (unpaired) electrons. The molecule has 0 aliphatic heterocycles. The monoisotopic (exact) mass is 526 g/mol. The molecule has 0 bridgehead atoms. The van der Waals surface area contributed by atoms with Gasteiger partial charge in [0.05, 0.1) is 0 Å². The maximum Gasteiger partial charge on any atom is 0.339 e. The van der Waals surface area contributed by atoms with Crippen LogP contribution in [0, 0.1) is 0 Å². The third kappa shape index (κ3) is 9.55. The molecule has 12 heteroatoms. The Morgan fingerprint density at radius 3 is 1.47 bits per heavy atom. The molecule has 0 heterocycles. The first-order chi connectivity index (χ1) is 15.9. The molecule has 2 aliphatic carbocycles. The Hall–Kier alpha value is 0.140. The molecule has 0 saturated heterocycles. The molecule has 10 nitrogen and oxygen atoms in total. The van der Waals surface area contributed by atoms with Crippen molar-refractivity contribution in [1.82, 2.24) is 19.6 Å². The van der Waals surface area contributed by atoms with Crippen molar-refractivity contribution in [2.75, 3.05) is 52.8 Å². The van der Waals surface area contributed by atoms with E-state index in [4.69, 9.17) is 0 Å². The topological polar surface area (TPSA) is 128 Å². The van der Waals surface area contributed by atoms with E-state index in [0.717, 1.165) is 51.7 Å². The Morgan fingerprint density at radius 2 is 1.03 bits per heavy atom. The lowest BCUT2D eigenvalue weighted by atomic mass is 9.87. The molecular formula is C22H48N4O6P2. The van der Waals surface area contributed by atoms with Gasteiger partial charge in [0.15, 0.2) is 0 Å². The van der Waals surface area contributed by atoms with Crippen LogP contribution in [0.5, 0.6) is 0 Å². The minimum atomic E-state index is -4.29. The van der Waals surface area contributed by atoms with Crippen molar-refractivity contribution in [2.45, 2.75) is 89.4 Å². The van der Waals surface area contributed by atoms with Gasteiger partial charge in [-0.05, 0) is 52.9 Å². The van der Waals surface area contributed by atoms with E-state index in [1.54, 1.807) is 11.9 Å². The first kappa shape index (κ1) is 30.4. The molecule has 0 aromatic carbocycles. The molecule has 0 aromatic heterocycles. The second-order valence-electron chi connectivity index (χ2n) is 10.2. The summed E-state index contributed by atoms with van der Waals surface area (Å²) in [6.07, 6.45) is 7.53. The highest BCUT2D eigenvalue weighted by Gasteiger charge is 2.38. The van der Waals surface area contributed by atoms with Gasteiger partial charge >= 0.3 is 15.2 Å². The van der Waals surface area contributed by atoms with Crippen LogP contribution in [0.25, 0.3) is 0 Å². The van der Waals surface area contributed by atoms with Gasteiger partial charge in [-0.2, -0.15) is 0 Å². The van der Waals surface area contributed by atoms with E-state index < -0.39 is 15.2 Å². The lowest BCUT2D eigenvalue weighted by Gasteiger charge is -2.46. The molecular weight excluding hydrogens is 478 g/mol. The van der Waals surface area contributed by atoms with Crippen LogP contribution in [0.3, 0.4) is 0 Å². The van der Waals surface area contributed by atoms with Gasteiger partial charge in [0, 0.05) is 37.3 Å². The van der Waals surface area contributed by atoms with Gasteiger partial charge in [0.2, 0.25) is 0 Å². The second-order valence-corrected chi connectivity index (χ2v) is 13.4. The van der Waals surface area contributed by atoms with Crippen molar-refractivity contribution in [3.05, 3.63) is 0 Å². The Balaban J connectivity index is 2.19. The Labute approximate surface area is 206 Å². The SMILES string of the molecule is CCN(C)[C@@H]1CCCC[C@H]1N(CC)CCN(CP(=O)(O)O)[C@H]1CCCC[C@@H]1N(C)CP(=O)(O)O. The highest BCUT2D eigenvalue weighted by Crippen LogP contribution is 2.40. The summed E-state index contributed by atoms with van der Waals surface area (Å²) in [5, 5.41) is 0. The highest BCUT2D eigenvalue weighted by atomic mass is 31.2. The van der Waals surface area contributed by atoms with Crippen molar-refractivity contribution >= 4 is 15.2 Å². The van der Waals surface area contributed by atoms with Crippen LogP contribution in [0.15, 0.2) is 0 Å². The van der Waals surface area contributed by atoms with Crippen LogP contribution in [0.2, 0.25) is 0 Å². The number of nitrogens with zero attached hydrogens (tertiary/aromatic N) is 4. The predicted molar refractivity (Wildman–Crippen MR) is 136 cm³/mol. The number of hydrogen-bond acceptors (Lipinski definition) is 6. The molecule has 4 atom stereocenters. The van der Waals surface area contributed by atoms with Gasteiger partial charge in [0.25, 0.3) is 0 Å². The minimum absolute atomic E-state index is 0.142. The molecule has 2 aliphatic rings. The van der Waals surface area contributed by atoms with Gasteiger partial charge in [0.1, 0.15) is 12.6 Å². The number of rotatable bonds is 13. The Morgan fingerprint density at radius 1 is 0.618 bits per heavy atom. The van der Waals surface area contributed by atoms with Crippen molar-refractivity contribution in [2.24, 2.45) is 0 Å². The molecule has 4 N–H and O–H groups in total. The summed E-state index contributed by atoms with van der Waals surface area (Å²) in [6.45, 7) is 7.47. The molecule has 0 spiro atoms. The average Bonchev–Trinajstić information content (AvgIpc) is 2.76. The second kappa shape index (κ2) is 13.6. The van der Waals surface area contributed by atoms with E-state index in [1.807, 2.05) is 4.90 Å². The van der Waals surface area contributed by atoms with Gasteiger partial charge in [-0.3, -0.25) is 23.8 Å². The van der Waals surface area contributed by atoms with Crippen molar-refractivity contribution < 1.29 is 28.7 Å².